The fourth-order valence-corrected chi connectivity index (χ4v) is 2.72. The van der Waals surface area contributed by atoms with E-state index in [4.69, 9.17) is 0 Å². The zero-order valence-electron chi connectivity index (χ0n) is 9.66. The fraction of sp³-hybridized carbons (Fsp3) is 0.571. The minimum absolute atomic E-state index is 0.125. The molecular weight excluding hydrogens is 184 g/mol. The molecule has 0 aromatic heterocycles. The van der Waals surface area contributed by atoms with Gasteiger partial charge in [-0.25, -0.2) is 0 Å². The number of aliphatic hydroxyl groups excluding tert-OH is 1. The summed E-state index contributed by atoms with van der Waals surface area (Å²) in [6, 6.07) is 6.65. The SMILES string of the molecule is Cc1cc(C)cc([C@H]2CCCC[C@H]2O)c1. The third-order valence-corrected chi connectivity index (χ3v) is 3.40. The Morgan fingerprint density at radius 1 is 1.00 bits per heavy atom. The monoisotopic (exact) mass is 204 g/mol. The van der Waals surface area contributed by atoms with Gasteiger partial charge in [0.1, 0.15) is 0 Å². The maximum Gasteiger partial charge on any atom is 0.0608 e. The van der Waals surface area contributed by atoms with Gasteiger partial charge in [0.25, 0.3) is 0 Å². The maximum absolute atomic E-state index is 10.0. The Morgan fingerprint density at radius 2 is 1.60 bits per heavy atom. The van der Waals surface area contributed by atoms with Gasteiger partial charge >= 0.3 is 0 Å². The molecule has 0 radical (unpaired) electrons. The largest absolute Gasteiger partial charge is 0.392 e. The van der Waals surface area contributed by atoms with Crippen molar-refractivity contribution in [1.82, 2.24) is 0 Å². The summed E-state index contributed by atoms with van der Waals surface area (Å²) in [6.07, 6.45) is 4.43. The molecule has 0 bridgehead atoms. The number of aryl methyl sites for hydroxylation is 2. The van der Waals surface area contributed by atoms with Crippen LogP contribution in [0.1, 0.15) is 48.3 Å². The van der Waals surface area contributed by atoms with Gasteiger partial charge in [-0.1, -0.05) is 42.2 Å². The Morgan fingerprint density at radius 3 is 2.20 bits per heavy atom. The summed E-state index contributed by atoms with van der Waals surface area (Å²) in [4.78, 5) is 0. The van der Waals surface area contributed by atoms with Crippen LogP contribution in [0.5, 0.6) is 0 Å². The second-order valence-corrected chi connectivity index (χ2v) is 4.88. The van der Waals surface area contributed by atoms with Crippen LogP contribution < -0.4 is 0 Å². The minimum Gasteiger partial charge on any atom is -0.392 e. The Bertz CT molecular complexity index is 323. The highest BCUT2D eigenvalue weighted by Gasteiger charge is 2.24. The average Bonchev–Trinajstić information content (AvgIpc) is 2.16. The molecule has 15 heavy (non-hydrogen) atoms. The van der Waals surface area contributed by atoms with Crippen molar-refractivity contribution >= 4 is 0 Å². The van der Waals surface area contributed by atoms with Crippen molar-refractivity contribution in [3.05, 3.63) is 34.9 Å². The first-order chi connectivity index (χ1) is 7.16. The number of aliphatic hydroxyl groups is 1. The van der Waals surface area contributed by atoms with Crippen LogP contribution in [-0.4, -0.2) is 11.2 Å². The first-order valence-electron chi connectivity index (χ1n) is 5.93. The lowest BCUT2D eigenvalue weighted by molar-refractivity contribution is 0.106. The Kier molecular flexibility index (Phi) is 3.11. The van der Waals surface area contributed by atoms with Gasteiger partial charge in [0.05, 0.1) is 6.10 Å². The molecule has 0 saturated heterocycles. The smallest absolute Gasteiger partial charge is 0.0608 e. The molecule has 82 valence electrons. The van der Waals surface area contributed by atoms with Gasteiger partial charge in [-0.3, -0.25) is 0 Å². The highest BCUT2D eigenvalue weighted by Crippen LogP contribution is 2.33. The van der Waals surface area contributed by atoms with E-state index in [2.05, 4.69) is 32.0 Å². The van der Waals surface area contributed by atoms with Crippen molar-refractivity contribution in [2.75, 3.05) is 0 Å². The lowest BCUT2D eigenvalue weighted by atomic mass is 9.81. The molecule has 1 aromatic rings. The summed E-state index contributed by atoms with van der Waals surface area (Å²) in [6.45, 7) is 4.26. The zero-order valence-corrected chi connectivity index (χ0v) is 9.66. The van der Waals surface area contributed by atoms with Gasteiger partial charge in [0.2, 0.25) is 0 Å². The van der Waals surface area contributed by atoms with Crippen LogP contribution in [0.15, 0.2) is 18.2 Å². The van der Waals surface area contributed by atoms with Gasteiger partial charge in [-0.05, 0) is 32.3 Å². The molecule has 1 N–H and O–H groups in total. The molecule has 1 heteroatoms. The first-order valence-corrected chi connectivity index (χ1v) is 5.93. The van der Waals surface area contributed by atoms with Crippen LogP contribution in [0.4, 0.5) is 0 Å². The van der Waals surface area contributed by atoms with E-state index in [0.717, 1.165) is 12.8 Å². The highest BCUT2D eigenvalue weighted by molar-refractivity contribution is 5.31. The molecule has 0 aliphatic heterocycles. The Balaban J connectivity index is 2.27. The van der Waals surface area contributed by atoms with E-state index in [-0.39, 0.29) is 6.10 Å². The second-order valence-electron chi connectivity index (χ2n) is 4.88. The molecule has 1 saturated carbocycles. The van der Waals surface area contributed by atoms with E-state index >= 15 is 0 Å². The zero-order chi connectivity index (χ0) is 10.8. The molecule has 2 atom stereocenters. The molecule has 1 aliphatic carbocycles. The summed E-state index contributed by atoms with van der Waals surface area (Å²) < 4.78 is 0. The van der Waals surface area contributed by atoms with Crippen molar-refractivity contribution in [1.29, 1.82) is 0 Å². The summed E-state index contributed by atoms with van der Waals surface area (Å²) in [5.41, 5.74) is 3.95. The molecule has 0 spiro atoms. The summed E-state index contributed by atoms with van der Waals surface area (Å²) in [5.74, 6) is 0.373. The molecule has 1 nitrogen and oxygen atoms in total. The van der Waals surface area contributed by atoms with Crippen molar-refractivity contribution < 1.29 is 5.11 Å². The van der Waals surface area contributed by atoms with Crippen LogP contribution in [0.2, 0.25) is 0 Å². The van der Waals surface area contributed by atoms with Crippen molar-refractivity contribution in [2.24, 2.45) is 0 Å². The molecule has 1 fully saturated rings. The summed E-state index contributed by atoms with van der Waals surface area (Å²) >= 11 is 0. The van der Waals surface area contributed by atoms with Crippen LogP contribution in [0.3, 0.4) is 0 Å². The average molecular weight is 204 g/mol. The van der Waals surface area contributed by atoms with Crippen LogP contribution >= 0.6 is 0 Å². The van der Waals surface area contributed by atoms with Gasteiger partial charge in [-0.2, -0.15) is 0 Å². The van der Waals surface area contributed by atoms with E-state index in [1.807, 2.05) is 0 Å². The van der Waals surface area contributed by atoms with E-state index in [9.17, 15) is 5.11 Å². The number of rotatable bonds is 1. The Labute approximate surface area is 92.1 Å². The number of benzene rings is 1. The molecule has 1 aliphatic rings. The fourth-order valence-electron chi connectivity index (χ4n) is 2.72. The van der Waals surface area contributed by atoms with Crippen molar-refractivity contribution in [2.45, 2.75) is 51.6 Å². The maximum atomic E-state index is 10.0. The second kappa shape index (κ2) is 4.36. The van der Waals surface area contributed by atoms with Crippen molar-refractivity contribution in [3.63, 3.8) is 0 Å². The lowest BCUT2D eigenvalue weighted by Gasteiger charge is -2.28. The highest BCUT2D eigenvalue weighted by atomic mass is 16.3. The van der Waals surface area contributed by atoms with E-state index in [1.165, 1.54) is 29.5 Å². The van der Waals surface area contributed by atoms with Gasteiger partial charge in [0.15, 0.2) is 0 Å². The van der Waals surface area contributed by atoms with E-state index in [0.29, 0.717) is 5.92 Å². The normalized spacial score (nSPS) is 26.6. The van der Waals surface area contributed by atoms with Gasteiger partial charge < -0.3 is 5.11 Å². The molecule has 0 heterocycles. The topological polar surface area (TPSA) is 20.2 Å². The predicted octanol–water partition coefficient (Wildman–Crippen LogP) is 3.32. The molecule has 0 unspecified atom stereocenters. The molecule has 2 rings (SSSR count). The standard InChI is InChI=1S/C14H20O/c1-10-7-11(2)9-12(8-10)13-5-3-4-6-14(13)15/h7-9,13-15H,3-6H2,1-2H3/t13-,14-/m1/s1. The molecular formula is C14H20O. The van der Waals surface area contributed by atoms with E-state index < -0.39 is 0 Å². The van der Waals surface area contributed by atoms with Gasteiger partial charge in [0, 0.05) is 5.92 Å². The third kappa shape index (κ3) is 2.40. The minimum atomic E-state index is -0.125. The van der Waals surface area contributed by atoms with Gasteiger partial charge in [-0.15, -0.1) is 0 Å². The van der Waals surface area contributed by atoms with Crippen molar-refractivity contribution in [3.8, 4) is 0 Å². The predicted molar refractivity (Wildman–Crippen MR) is 63.1 cm³/mol. The van der Waals surface area contributed by atoms with E-state index in [1.54, 1.807) is 0 Å². The number of hydrogen-bond donors (Lipinski definition) is 1. The quantitative estimate of drug-likeness (QED) is 0.744. The first kappa shape index (κ1) is 10.7. The van der Waals surface area contributed by atoms with Crippen LogP contribution in [0, 0.1) is 13.8 Å². The summed E-state index contributed by atoms with van der Waals surface area (Å²) in [7, 11) is 0. The summed E-state index contributed by atoms with van der Waals surface area (Å²) in [5, 5.41) is 10.0. The molecule has 0 amide bonds. The Hall–Kier alpha value is -0.820. The number of hydrogen-bond acceptors (Lipinski definition) is 1. The van der Waals surface area contributed by atoms with Crippen LogP contribution in [-0.2, 0) is 0 Å². The molecule has 1 aromatic carbocycles. The lowest BCUT2D eigenvalue weighted by Crippen LogP contribution is -2.22. The van der Waals surface area contributed by atoms with Crippen LogP contribution in [0.25, 0.3) is 0 Å². The third-order valence-electron chi connectivity index (χ3n) is 3.40.